The van der Waals surface area contributed by atoms with E-state index in [2.05, 4.69) is 5.32 Å². The molecule has 1 saturated heterocycles. The van der Waals surface area contributed by atoms with Gasteiger partial charge >= 0.3 is 5.76 Å². The van der Waals surface area contributed by atoms with Crippen LogP contribution in [-0.2, 0) is 21.4 Å². The van der Waals surface area contributed by atoms with Gasteiger partial charge in [-0.2, -0.15) is 0 Å². The van der Waals surface area contributed by atoms with E-state index in [1.165, 1.54) is 8.87 Å². The van der Waals surface area contributed by atoms with Crippen molar-refractivity contribution in [3.8, 4) is 0 Å². The summed E-state index contributed by atoms with van der Waals surface area (Å²) in [5.41, 5.74) is 2.77. The van der Waals surface area contributed by atoms with Crippen LogP contribution in [0.5, 0.6) is 0 Å². The minimum Gasteiger partial charge on any atom is -0.408 e. The summed E-state index contributed by atoms with van der Waals surface area (Å²) >= 11 is 0. The maximum Gasteiger partial charge on any atom is 0.420 e. The summed E-state index contributed by atoms with van der Waals surface area (Å²) in [6.07, 6.45) is 0.578. The van der Waals surface area contributed by atoms with Gasteiger partial charge in [0.05, 0.1) is 17.0 Å². The predicted octanol–water partition coefficient (Wildman–Crippen LogP) is 2.08. The Morgan fingerprint density at radius 1 is 1.21 bits per heavy atom. The monoisotopic (exact) mass is 401 g/mol. The summed E-state index contributed by atoms with van der Waals surface area (Å²) in [7, 11) is -3.31. The van der Waals surface area contributed by atoms with Crippen LogP contribution < -0.4 is 15.4 Å². The maximum atomic E-state index is 12.5. The second kappa shape index (κ2) is 6.83. The second-order valence-corrected chi connectivity index (χ2v) is 8.72. The lowest BCUT2D eigenvalue weighted by Gasteiger charge is -2.19. The standard InChI is InChI=1S/C19H19N3O5S/c1-13-7-8-14(22-9-4-10-28(22,25)26)11-15(13)20-18(23)12-21-16-5-2-3-6-17(16)27-19(21)24/h2-3,5-8,11H,4,9-10,12H2,1H3,(H,20,23). The molecule has 28 heavy (non-hydrogen) atoms. The van der Waals surface area contributed by atoms with E-state index in [4.69, 9.17) is 4.42 Å². The van der Waals surface area contributed by atoms with Gasteiger partial charge in [0.1, 0.15) is 6.54 Å². The molecule has 9 heteroatoms. The summed E-state index contributed by atoms with van der Waals surface area (Å²) in [5, 5.41) is 2.77. The molecule has 1 fully saturated rings. The SMILES string of the molecule is Cc1ccc(N2CCCS2(=O)=O)cc1NC(=O)Cn1c(=O)oc2ccccc21. The number of carbonyl (C=O) groups excluding carboxylic acids is 1. The largest absolute Gasteiger partial charge is 0.420 e. The Hall–Kier alpha value is -3.07. The van der Waals surface area contributed by atoms with Crippen molar-refractivity contribution in [2.24, 2.45) is 0 Å². The lowest BCUT2D eigenvalue weighted by atomic mass is 10.1. The Labute approximate surface area is 161 Å². The average Bonchev–Trinajstić information content (AvgIpc) is 3.16. The molecule has 0 unspecified atom stereocenters. The third-order valence-corrected chi connectivity index (χ3v) is 6.63. The van der Waals surface area contributed by atoms with E-state index in [1.54, 1.807) is 42.5 Å². The summed E-state index contributed by atoms with van der Waals surface area (Å²) in [6.45, 7) is 2.04. The molecular weight excluding hydrogens is 382 g/mol. The Morgan fingerprint density at radius 3 is 2.75 bits per heavy atom. The van der Waals surface area contributed by atoms with Gasteiger partial charge in [-0.15, -0.1) is 0 Å². The molecule has 0 bridgehead atoms. The first-order valence-electron chi connectivity index (χ1n) is 8.84. The molecule has 0 saturated carbocycles. The topological polar surface area (TPSA) is 102 Å². The first-order chi connectivity index (χ1) is 13.3. The Bertz CT molecular complexity index is 1230. The molecule has 0 radical (unpaired) electrons. The van der Waals surface area contributed by atoms with Gasteiger partial charge < -0.3 is 9.73 Å². The normalized spacial score (nSPS) is 15.8. The molecule has 1 aliphatic rings. The molecule has 1 N–H and O–H groups in total. The Morgan fingerprint density at radius 2 is 2.00 bits per heavy atom. The van der Waals surface area contributed by atoms with Crippen molar-refractivity contribution in [3.05, 3.63) is 58.6 Å². The maximum absolute atomic E-state index is 12.5. The highest BCUT2D eigenvalue weighted by atomic mass is 32.2. The molecule has 2 aromatic carbocycles. The number of oxazole rings is 1. The van der Waals surface area contributed by atoms with E-state index in [1.807, 2.05) is 6.92 Å². The predicted molar refractivity (Wildman–Crippen MR) is 106 cm³/mol. The number of benzene rings is 2. The molecule has 2 heterocycles. The number of hydrogen-bond donors (Lipinski definition) is 1. The highest BCUT2D eigenvalue weighted by Gasteiger charge is 2.28. The number of aryl methyl sites for hydroxylation is 1. The van der Waals surface area contributed by atoms with E-state index >= 15 is 0 Å². The van der Waals surface area contributed by atoms with Crippen LogP contribution in [0.1, 0.15) is 12.0 Å². The first kappa shape index (κ1) is 18.3. The van der Waals surface area contributed by atoms with Crippen LogP contribution in [0.2, 0.25) is 0 Å². The van der Waals surface area contributed by atoms with E-state index in [0.29, 0.717) is 35.4 Å². The fourth-order valence-electron chi connectivity index (χ4n) is 3.33. The van der Waals surface area contributed by atoms with Crippen LogP contribution in [0.4, 0.5) is 11.4 Å². The van der Waals surface area contributed by atoms with Crippen LogP contribution in [0.15, 0.2) is 51.7 Å². The molecule has 1 amide bonds. The summed E-state index contributed by atoms with van der Waals surface area (Å²) in [5.74, 6) is -0.887. The number of hydrogen-bond acceptors (Lipinski definition) is 5. The van der Waals surface area contributed by atoms with Crippen LogP contribution in [0, 0.1) is 6.92 Å². The van der Waals surface area contributed by atoms with E-state index in [0.717, 1.165) is 5.56 Å². The molecule has 1 aliphatic heterocycles. The number of carbonyl (C=O) groups is 1. The molecule has 146 valence electrons. The Balaban J connectivity index is 1.58. The lowest BCUT2D eigenvalue weighted by molar-refractivity contribution is -0.116. The zero-order valence-electron chi connectivity index (χ0n) is 15.2. The van der Waals surface area contributed by atoms with Crippen LogP contribution in [0.3, 0.4) is 0 Å². The van der Waals surface area contributed by atoms with Crippen LogP contribution >= 0.6 is 0 Å². The van der Waals surface area contributed by atoms with Crippen LogP contribution in [0.25, 0.3) is 11.1 Å². The Kier molecular flexibility index (Phi) is 4.46. The fourth-order valence-corrected chi connectivity index (χ4v) is 4.88. The fraction of sp³-hybridized carbons (Fsp3) is 0.263. The van der Waals surface area contributed by atoms with E-state index < -0.39 is 21.7 Å². The number of fused-ring (bicyclic) bond motifs is 1. The van der Waals surface area contributed by atoms with Crippen molar-refractivity contribution >= 4 is 38.4 Å². The highest BCUT2D eigenvalue weighted by molar-refractivity contribution is 7.93. The molecule has 0 spiro atoms. The summed E-state index contributed by atoms with van der Waals surface area (Å²) in [6, 6.07) is 12.0. The minimum atomic E-state index is -3.31. The quantitative estimate of drug-likeness (QED) is 0.721. The van der Waals surface area contributed by atoms with Gasteiger partial charge in [-0.05, 0) is 43.2 Å². The van der Waals surface area contributed by atoms with Crippen molar-refractivity contribution in [2.75, 3.05) is 21.9 Å². The van der Waals surface area contributed by atoms with Gasteiger partial charge in [0.25, 0.3) is 0 Å². The van der Waals surface area contributed by atoms with E-state index in [9.17, 15) is 18.0 Å². The van der Waals surface area contributed by atoms with Gasteiger partial charge in [-0.3, -0.25) is 13.7 Å². The third kappa shape index (κ3) is 3.29. The molecule has 8 nitrogen and oxygen atoms in total. The highest BCUT2D eigenvalue weighted by Crippen LogP contribution is 2.28. The number of nitrogens with one attached hydrogen (secondary N) is 1. The number of nitrogens with zero attached hydrogens (tertiary/aromatic N) is 2. The van der Waals surface area contributed by atoms with Crippen LogP contribution in [-0.4, -0.2) is 31.2 Å². The first-order valence-corrected chi connectivity index (χ1v) is 10.5. The van der Waals surface area contributed by atoms with Crippen molar-refractivity contribution in [1.29, 1.82) is 0 Å². The zero-order valence-corrected chi connectivity index (χ0v) is 16.0. The van der Waals surface area contributed by atoms with Gasteiger partial charge in [0, 0.05) is 12.2 Å². The zero-order chi connectivity index (χ0) is 19.9. The summed E-state index contributed by atoms with van der Waals surface area (Å²) in [4.78, 5) is 24.6. The number of amides is 1. The minimum absolute atomic E-state index is 0.124. The average molecular weight is 401 g/mol. The van der Waals surface area contributed by atoms with Crippen molar-refractivity contribution < 1.29 is 17.6 Å². The smallest absolute Gasteiger partial charge is 0.408 e. The number of rotatable bonds is 4. The van der Waals surface area contributed by atoms with Crippen molar-refractivity contribution in [2.45, 2.75) is 19.9 Å². The number of para-hydroxylation sites is 2. The number of sulfonamides is 1. The molecule has 1 aromatic heterocycles. The molecule has 3 aromatic rings. The third-order valence-electron chi connectivity index (χ3n) is 4.76. The van der Waals surface area contributed by atoms with Gasteiger partial charge in [-0.25, -0.2) is 13.2 Å². The molecule has 0 atom stereocenters. The van der Waals surface area contributed by atoms with Crippen molar-refractivity contribution in [1.82, 2.24) is 4.57 Å². The van der Waals surface area contributed by atoms with Gasteiger partial charge in [0.2, 0.25) is 15.9 Å². The number of anilines is 2. The lowest BCUT2D eigenvalue weighted by Crippen LogP contribution is -2.26. The van der Waals surface area contributed by atoms with Gasteiger partial charge in [0.15, 0.2) is 5.58 Å². The second-order valence-electron chi connectivity index (χ2n) is 6.71. The molecular formula is C19H19N3O5S. The number of aromatic nitrogens is 1. The van der Waals surface area contributed by atoms with Crippen molar-refractivity contribution in [3.63, 3.8) is 0 Å². The van der Waals surface area contributed by atoms with E-state index in [-0.39, 0.29) is 12.3 Å². The molecule has 4 rings (SSSR count). The molecule has 0 aliphatic carbocycles. The van der Waals surface area contributed by atoms with Gasteiger partial charge in [-0.1, -0.05) is 18.2 Å². The summed E-state index contributed by atoms with van der Waals surface area (Å²) < 4.78 is 32.0.